The van der Waals surface area contributed by atoms with Crippen LogP contribution in [0.1, 0.15) is 54.4 Å². The van der Waals surface area contributed by atoms with Crippen molar-refractivity contribution < 1.29 is 24.2 Å². The van der Waals surface area contributed by atoms with Gasteiger partial charge in [0.15, 0.2) is 0 Å². The van der Waals surface area contributed by atoms with Crippen LogP contribution in [0.3, 0.4) is 0 Å². The van der Waals surface area contributed by atoms with Gasteiger partial charge in [-0.2, -0.15) is 0 Å². The minimum absolute atomic E-state index is 0.0326. The van der Waals surface area contributed by atoms with Gasteiger partial charge in [0.25, 0.3) is 0 Å². The van der Waals surface area contributed by atoms with E-state index in [0.717, 1.165) is 29.1 Å². The molecule has 26 heavy (non-hydrogen) atoms. The highest BCUT2D eigenvalue weighted by Crippen LogP contribution is 2.40. The zero-order valence-electron chi connectivity index (χ0n) is 15.2. The van der Waals surface area contributed by atoms with Crippen LogP contribution in [0.4, 0.5) is 5.00 Å². The molecule has 3 rings (SSSR count). The average Bonchev–Trinajstić information content (AvgIpc) is 2.90. The maximum atomic E-state index is 12.4. The number of fused-ring (bicyclic) bond motifs is 1. The van der Waals surface area contributed by atoms with E-state index in [1.807, 2.05) is 13.8 Å². The average molecular weight is 379 g/mol. The lowest BCUT2D eigenvalue weighted by molar-refractivity contribution is -0.255. The van der Waals surface area contributed by atoms with Crippen LogP contribution >= 0.6 is 11.3 Å². The molecule has 3 heterocycles. The monoisotopic (exact) mass is 379 g/mol. The lowest BCUT2D eigenvalue weighted by Crippen LogP contribution is -2.44. The maximum Gasteiger partial charge on any atom is 0.314 e. The summed E-state index contributed by atoms with van der Waals surface area (Å²) >= 11 is 1.14. The summed E-state index contributed by atoms with van der Waals surface area (Å²) in [6, 6.07) is 0. The molecule has 0 unspecified atom stereocenters. The molecule has 7 nitrogen and oxygen atoms in total. The first-order valence-electron chi connectivity index (χ1n) is 8.78. The molecule has 0 saturated carbocycles. The zero-order valence-corrected chi connectivity index (χ0v) is 16.0. The Morgan fingerprint density at radius 1 is 1.27 bits per heavy atom. The fourth-order valence-corrected chi connectivity index (χ4v) is 4.48. The normalized spacial score (nSPS) is 19.7. The molecule has 1 aromatic heterocycles. The first-order valence-corrected chi connectivity index (χ1v) is 9.59. The number of rotatable bonds is 2. The first-order chi connectivity index (χ1) is 12.2. The number of nitrogens with zero attached hydrogens (tertiary/aromatic N) is 1. The predicted octanol–water partition coefficient (Wildman–Crippen LogP) is 1.16. The van der Waals surface area contributed by atoms with Gasteiger partial charge in [0.1, 0.15) is 5.00 Å². The van der Waals surface area contributed by atoms with Crippen molar-refractivity contribution in [1.29, 1.82) is 0 Å². The van der Waals surface area contributed by atoms with Gasteiger partial charge in [-0.05, 0) is 38.2 Å². The van der Waals surface area contributed by atoms with Gasteiger partial charge >= 0.3 is 11.8 Å². The number of carboxylic acids is 1. The molecule has 1 fully saturated rings. The molecule has 2 aliphatic heterocycles. The fourth-order valence-electron chi connectivity index (χ4n) is 3.37. The highest BCUT2D eigenvalue weighted by molar-refractivity contribution is 7.17. The third-order valence-electron chi connectivity index (χ3n) is 4.98. The number of carbonyl (C=O) groups is 3. The quantitative estimate of drug-likeness (QED) is 0.778. The maximum absolute atomic E-state index is 12.4. The summed E-state index contributed by atoms with van der Waals surface area (Å²) < 4.78 is 5.71. The number of hydrogen-bond donors (Lipinski definition) is 1. The van der Waals surface area contributed by atoms with Crippen molar-refractivity contribution in [3.05, 3.63) is 16.0 Å². The van der Waals surface area contributed by atoms with E-state index in [4.69, 9.17) is 4.74 Å². The molecule has 0 spiro atoms. The molecule has 142 valence electrons. The molecule has 0 aromatic carbocycles. The topological polar surface area (TPSA) is 98.8 Å². The summed E-state index contributed by atoms with van der Waals surface area (Å²) in [6.45, 7) is 7.25. The van der Waals surface area contributed by atoms with Crippen molar-refractivity contribution in [2.45, 2.75) is 52.2 Å². The largest absolute Gasteiger partial charge is 0.545 e. The summed E-state index contributed by atoms with van der Waals surface area (Å²) in [4.78, 5) is 38.7. The number of carbonyl (C=O) groups excluding carboxylic acids is 3. The zero-order chi connectivity index (χ0) is 19.1. The van der Waals surface area contributed by atoms with Crippen molar-refractivity contribution in [2.24, 2.45) is 5.92 Å². The number of thiophene rings is 1. The molecule has 0 atom stereocenters. The summed E-state index contributed by atoms with van der Waals surface area (Å²) in [5.74, 6) is -2.24. The molecular formula is C18H23N2O5S-. The lowest BCUT2D eigenvalue weighted by atomic mass is 9.93. The number of amides is 2. The van der Waals surface area contributed by atoms with Gasteiger partial charge in [-0.3, -0.25) is 9.59 Å². The number of anilines is 1. The number of piperidine rings is 1. The lowest BCUT2D eigenvalue weighted by Gasteiger charge is -2.30. The van der Waals surface area contributed by atoms with Crippen molar-refractivity contribution in [3.8, 4) is 0 Å². The summed E-state index contributed by atoms with van der Waals surface area (Å²) in [7, 11) is 0. The molecule has 2 aliphatic rings. The predicted molar refractivity (Wildman–Crippen MR) is 94.8 cm³/mol. The van der Waals surface area contributed by atoms with Gasteiger partial charge in [0.05, 0.1) is 18.2 Å². The molecule has 0 radical (unpaired) electrons. The Morgan fingerprint density at radius 3 is 2.54 bits per heavy atom. The Hall–Kier alpha value is -1.93. The van der Waals surface area contributed by atoms with E-state index in [-0.39, 0.29) is 17.2 Å². The van der Waals surface area contributed by atoms with Gasteiger partial charge in [-0.1, -0.05) is 6.92 Å². The van der Waals surface area contributed by atoms with Crippen molar-refractivity contribution in [3.63, 3.8) is 0 Å². The van der Waals surface area contributed by atoms with E-state index in [9.17, 15) is 19.5 Å². The SMILES string of the molecule is CC1CCN(C(=O)C(=O)Nc2sc3c(c2C(=O)[O-])CC(C)(C)OC3)CC1. The molecule has 1 aromatic rings. The Labute approximate surface area is 156 Å². The molecular weight excluding hydrogens is 356 g/mol. The summed E-state index contributed by atoms with van der Waals surface area (Å²) in [5, 5.41) is 14.3. The smallest absolute Gasteiger partial charge is 0.314 e. The van der Waals surface area contributed by atoms with Gasteiger partial charge in [0, 0.05) is 30.0 Å². The second-order valence-corrected chi connectivity index (χ2v) is 8.75. The van der Waals surface area contributed by atoms with Gasteiger partial charge in [0.2, 0.25) is 0 Å². The third kappa shape index (κ3) is 3.76. The number of likely N-dealkylation sites (tertiary alicyclic amines) is 1. The third-order valence-corrected chi connectivity index (χ3v) is 6.10. The standard InChI is InChI=1S/C18H24N2O5S/c1-10-4-6-20(7-5-10)16(22)14(21)19-15-13(17(23)24)11-8-18(2,3)25-9-12(11)26-15/h10H,4-9H2,1-3H3,(H,19,21)(H,23,24)/p-1. The van der Waals surface area contributed by atoms with Gasteiger partial charge in [-0.25, -0.2) is 0 Å². The van der Waals surface area contributed by atoms with E-state index >= 15 is 0 Å². The van der Waals surface area contributed by atoms with Crippen LogP contribution in [0.15, 0.2) is 0 Å². The minimum atomic E-state index is -1.35. The number of hydrogen-bond acceptors (Lipinski definition) is 6. The van der Waals surface area contributed by atoms with Crippen LogP contribution in [0.2, 0.25) is 0 Å². The number of nitrogens with one attached hydrogen (secondary N) is 1. The van der Waals surface area contributed by atoms with Crippen molar-refractivity contribution in [2.75, 3.05) is 18.4 Å². The Balaban J connectivity index is 1.79. The van der Waals surface area contributed by atoms with E-state index in [0.29, 0.717) is 31.0 Å². The second-order valence-electron chi connectivity index (χ2n) is 7.65. The van der Waals surface area contributed by atoms with Crippen LogP contribution < -0.4 is 10.4 Å². The molecule has 1 saturated heterocycles. The van der Waals surface area contributed by atoms with Crippen LogP contribution in [0.25, 0.3) is 0 Å². The van der Waals surface area contributed by atoms with Crippen LogP contribution in [-0.2, 0) is 27.4 Å². The van der Waals surface area contributed by atoms with E-state index in [2.05, 4.69) is 12.2 Å². The minimum Gasteiger partial charge on any atom is -0.545 e. The molecule has 8 heteroatoms. The Bertz CT molecular complexity index is 747. The molecule has 0 bridgehead atoms. The molecule has 2 amide bonds. The number of carboxylic acid groups (broad SMARTS) is 1. The fraction of sp³-hybridized carbons (Fsp3) is 0.611. The number of ether oxygens (including phenoxy) is 1. The highest BCUT2D eigenvalue weighted by atomic mass is 32.1. The van der Waals surface area contributed by atoms with Crippen LogP contribution in [0.5, 0.6) is 0 Å². The summed E-state index contributed by atoms with van der Waals surface area (Å²) in [6.07, 6.45) is 2.14. The van der Waals surface area contributed by atoms with E-state index in [1.165, 1.54) is 4.90 Å². The van der Waals surface area contributed by atoms with Crippen LogP contribution in [-0.4, -0.2) is 41.4 Å². The molecule has 1 N–H and O–H groups in total. The van der Waals surface area contributed by atoms with E-state index in [1.54, 1.807) is 0 Å². The highest BCUT2D eigenvalue weighted by Gasteiger charge is 2.33. The van der Waals surface area contributed by atoms with Crippen LogP contribution in [0, 0.1) is 5.92 Å². The van der Waals surface area contributed by atoms with Gasteiger partial charge in [-0.15, -0.1) is 11.3 Å². The Morgan fingerprint density at radius 2 is 1.92 bits per heavy atom. The van der Waals surface area contributed by atoms with Gasteiger partial charge < -0.3 is 24.9 Å². The second kappa shape index (κ2) is 7.00. The first kappa shape index (κ1) is 18.8. The Kier molecular flexibility index (Phi) is 5.07. The number of aromatic carboxylic acids is 1. The van der Waals surface area contributed by atoms with Crippen molar-refractivity contribution >= 4 is 34.1 Å². The van der Waals surface area contributed by atoms with E-state index < -0.39 is 23.4 Å². The van der Waals surface area contributed by atoms with Crippen molar-refractivity contribution in [1.82, 2.24) is 4.90 Å². The molecule has 0 aliphatic carbocycles. The summed E-state index contributed by atoms with van der Waals surface area (Å²) in [5.41, 5.74) is 0.107.